The SMILES string of the molecule is COC(=O)C1Cc2cc(C)c(O)c(-c3ccccc3)c2C1. The lowest BCUT2D eigenvalue weighted by Crippen LogP contribution is -2.16. The predicted octanol–water partition coefficient (Wildman–Crippen LogP) is 3.26. The third-order valence-corrected chi connectivity index (χ3v) is 4.20. The number of aryl methyl sites for hydroxylation is 1. The molecule has 0 aromatic heterocycles. The number of hydrogen-bond acceptors (Lipinski definition) is 3. The molecule has 1 unspecified atom stereocenters. The molecule has 0 amide bonds. The van der Waals surface area contributed by atoms with Gasteiger partial charge in [0.25, 0.3) is 0 Å². The van der Waals surface area contributed by atoms with Crippen molar-refractivity contribution < 1.29 is 14.6 Å². The van der Waals surface area contributed by atoms with E-state index in [0.29, 0.717) is 18.6 Å². The number of hydrogen-bond donors (Lipinski definition) is 1. The second kappa shape index (κ2) is 5.24. The van der Waals surface area contributed by atoms with Crippen molar-refractivity contribution in [3.63, 3.8) is 0 Å². The van der Waals surface area contributed by atoms with E-state index in [1.165, 1.54) is 7.11 Å². The van der Waals surface area contributed by atoms with Gasteiger partial charge in [0, 0.05) is 5.56 Å². The molecule has 0 heterocycles. The van der Waals surface area contributed by atoms with Crippen LogP contribution in [0.25, 0.3) is 11.1 Å². The summed E-state index contributed by atoms with van der Waals surface area (Å²) in [5.74, 6) is -0.0125. The molecule has 0 saturated heterocycles. The predicted molar refractivity (Wildman–Crippen MR) is 81.2 cm³/mol. The summed E-state index contributed by atoms with van der Waals surface area (Å²) in [6.45, 7) is 1.90. The Kier molecular flexibility index (Phi) is 3.42. The number of methoxy groups -OCH3 is 1. The van der Waals surface area contributed by atoms with Crippen LogP contribution in [0.5, 0.6) is 5.75 Å². The number of phenols is 1. The average molecular weight is 282 g/mol. The number of benzene rings is 2. The van der Waals surface area contributed by atoms with Gasteiger partial charge in [-0.3, -0.25) is 4.79 Å². The highest BCUT2D eigenvalue weighted by molar-refractivity contribution is 5.81. The fraction of sp³-hybridized carbons (Fsp3) is 0.278. The van der Waals surface area contributed by atoms with Crippen molar-refractivity contribution in [3.05, 3.63) is 53.1 Å². The minimum Gasteiger partial charge on any atom is -0.507 e. The van der Waals surface area contributed by atoms with Crippen LogP contribution in [0.15, 0.2) is 36.4 Å². The minimum atomic E-state index is -0.178. The first-order chi connectivity index (χ1) is 10.1. The second-order valence-corrected chi connectivity index (χ2v) is 5.55. The van der Waals surface area contributed by atoms with Crippen LogP contribution in [0, 0.1) is 12.8 Å². The highest BCUT2D eigenvalue weighted by atomic mass is 16.5. The van der Waals surface area contributed by atoms with Gasteiger partial charge in [-0.1, -0.05) is 36.4 Å². The number of ether oxygens (including phenoxy) is 1. The van der Waals surface area contributed by atoms with E-state index in [4.69, 9.17) is 4.74 Å². The summed E-state index contributed by atoms with van der Waals surface area (Å²) >= 11 is 0. The molecule has 2 aromatic carbocycles. The van der Waals surface area contributed by atoms with Gasteiger partial charge in [0.15, 0.2) is 0 Å². The first kappa shape index (κ1) is 13.7. The van der Waals surface area contributed by atoms with Gasteiger partial charge in [-0.2, -0.15) is 0 Å². The smallest absolute Gasteiger partial charge is 0.309 e. The lowest BCUT2D eigenvalue weighted by atomic mass is 9.93. The van der Waals surface area contributed by atoms with E-state index >= 15 is 0 Å². The van der Waals surface area contributed by atoms with E-state index in [1.54, 1.807) is 0 Å². The van der Waals surface area contributed by atoms with Crippen LogP contribution in [0.2, 0.25) is 0 Å². The van der Waals surface area contributed by atoms with E-state index in [9.17, 15) is 9.90 Å². The Morgan fingerprint density at radius 2 is 1.95 bits per heavy atom. The van der Waals surface area contributed by atoms with Crippen LogP contribution in [0.4, 0.5) is 0 Å². The van der Waals surface area contributed by atoms with Crippen LogP contribution in [0.1, 0.15) is 16.7 Å². The highest BCUT2D eigenvalue weighted by Crippen LogP contribution is 2.42. The number of esters is 1. The average Bonchev–Trinajstić information content (AvgIpc) is 2.91. The van der Waals surface area contributed by atoms with Gasteiger partial charge in [0.2, 0.25) is 0 Å². The maximum absolute atomic E-state index is 11.8. The monoisotopic (exact) mass is 282 g/mol. The summed E-state index contributed by atoms with van der Waals surface area (Å²) in [6.07, 6.45) is 1.31. The Morgan fingerprint density at radius 1 is 1.24 bits per heavy atom. The Balaban J connectivity index is 2.13. The zero-order valence-corrected chi connectivity index (χ0v) is 12.2. The van der Waals surface area contributed by atoms with Gasteiger partial charge in [-0.05, 0) is 42.0 Å². The van der Waals surface area contributed by atoms with Gasteiger partial charge in [0.05, 0.1) is 13.0 Å². The zero-order chi connectivity index (χ0) is 15.0. The molecule has 3 rings (SSSR count). The van der Waals surface area contributed by atoms with Crippen LogP contribution in [-0.4, -0.2) is 18.2 Å². The van der Waals surface area contributed by atoms with Crippen molar-refractivity contribution in [2.45, 2.75) is 19.8 Å². The van der Waals surface area contributed by atoms with Crippen LogP contribution >= 0.6 is 0 Å². The number of rotatable bonds is 2. The van der Waals surface area contributed by atoms with Crippen LogP contribution in [0.3, 0.4) is 0 Å². The molecule has 0 spiro atoms. The molecule has 0 bridgehead atoms. The largest absolute Gasteiger partial charge is 0.507 e. The Labute approximate surface area is 124 Å². The summed E-state index contributed by atoms with van der Waals surface area (Å²) in [5, 5.41) is 10.5. The summed E-state index contributed by atoms with van der Waals surface area (Å²) in [4.78, 5) is 11.8. The third kappa shape index (κ3) is 2.29. The first-order valence-corrected chi connectivity index (χ1v) is 7.09. The molecule has 2 aromatic rings. The fourth-order valence-corrected chi connectivity index (χ4v) is 3.17. The molecule has 1 atom stereocenters. The summed E-state index contributed by atoms with van der Waals surface area (Å²) in [6, 6.07) is 11.8. The van der Waals surface area contributed by atoms with Crippen molar-refractivity contribution >= 4 is 5.97 Å². The normalized spacial score (nSPS) is 16.6. The maximum atomic E-state index is 11.8. The van der Waals surface area contributed by atoms with Gasteiger partial charge in [-0.15, -0.1) is 0 Å². The van der Waals surface area contributed by atoms with Gasteiger partial charge >= 0.3 is 5.97 Å². The lowest BCUT2D eigenvalue weighted by Gasteiger charge is -2.13. The molecule has 0 radical (unpaired) electrons. The highest BCUT2D eigenvalue weighted by Gasteiger charge is 2.31. The van der Waals surface area contributed by atoms with Crippen molar-refractivity contribution in [2.24, 2.45) is 5.92 Å². The number of carbonyl (C=O) groups excluding carboxylic acids is 1. The Bertz CT molecular complexity index is 689. The number of carbonyl (C=O) groups is 1. The topological polar surface area (TPSA) is 46.5 Å². The maximum Gasteiger partial charge on any atom is 0.309 e. The van der Waals surface area contributed by atoms with E-state index in [1.807, 2.05) is 43.3 Å². The molecular formula is C18H18O3. The molecule has 0 saturated carbocycles. The minimum absolute atomic E-state index is 0.145. The molecular weight excluding hydrogens is 264 g/mol. The molecule has 3 nitrogen and oxygen atoms in total. The van der Waals surface area contributed by atoms with E-state index < -0.39 is 0 Å². The Morgan fingerprint density at radius 3 is 2.62 bits per heavy atom. The summed E-state index contributed by atoms with van der Waals surface area (Å²) in [7, 11) is 1.42. The first-order valence-electron chi connectivity index (χ1n) is 7.09. The summed E-state index contributed by atoms with van der Waals surface area (Å²) < 4.78 is 4.87. The molecule has 3 heteroatoms. The van der Waals surface area contributed by atoms with Crippen molar-refractivity contribution in [3.8, 4) is 16.9 Å². The van der Waals surface area contributed by atoms with Gasteiger partial charge in [0.1, 0.15) is 5.75 Å². The molecule has 108 valence electrons. The van der Waals surface area contributed by atoms with Crippen molar-refractivity contribution in [1.29, 1.82) is 0 Å². The summed E-state index contributed by atoms with van der Waals surface area (Å²) in [5.41, 5.74) is 4.90. The number of phenolic OH excluding ortho intramolecular Hbond substituents is 1. The Hall–Kier alpha value is -2.29. The van der Waals surface area contributed by atoms with Crippen LogP contribution < -0.4 is 0 Å². The standard InChI is InChI=1S/C18H18O3/c1-11-8-13-9-14(18(20)21-2)10-15(13)16(17(11)19)12-6-4-3-5-7-12/h3-8,14,19H,9-10H2,1-2H3. The zero-order valence-electron chi connectivity index (χ0n) is 12.2. The van der Waals surface area contributed by atoms with Crippen molar-refractivity contribution in [1.82, 2.24) is 0 Å². The molecule has 0 aliphatic heterocycles. The van der Waals surface area contributed by atoms with E-state index in [-0.39, 0.29) is 11.9 Å². The molecule has 21 heavy (non-hydrogen) atoms. The van der Waals surface area contributed by atoms with Gasteiger partial charge < -0.3 is 9.84 Å². The van der Waals surface area contributed by atoms with E-state index in [2.05, 4.69) is 0 Å². The lowest BCUT2D eigenvalue weighted by molar-refractivity contribution is -0.145. The molecule has 0 fully saturated rings. The molecule has 1 aliphatic carbocycles. The van der Waals surface area contributed by atoms with Gasteiger partial charge in [-0.25, -0.2) is 0 Å². The number of aromatic hydroxyl groups is 1. The van der Waals surface area contributed by atoms with E-state index in [0.717, 1.165) is 27.8 Å². The second-order valence-electron chi connectivity index (χ2n) is 5.55. The molecule has 1 N–H and O–H groups in total. The molecule has 1 aliphatic rings. The van der Waals surface area contributed by atoms with Crippen LogP contribution in [-0.2, 0) is 22.4 Å². The van der Waals surface area contributed by atoms with Crippen molar-refractivity contribution in [2.75, 3.05) is 7.11 Å². The quantitative estimate of drug-likeness (QED) is 0.860. The third-order valence-electron chi connectivity index (χ3n) is 4.20. The number of fused-ring (bicyclic) bond motifs is 1. The fourth-order valence-electron chi connectivity index (χ4n) is 3.17.